The van der Waals surface area contributed by atoms with Crippen LogP contribution in [0.1, 0.15) is 13.8 Å². The van der Waals surface area contributed by atoms with Gasteiger partial charge in [0.05, 0.1) is 6.33 Å². The molecule has 0 aliphatic carbocycles. The largest absolute Gasteiger partial charge is 0.337 e. The fraction of sp³-hybridized carbons (Fsp3) is 0.375. The lowest BCUT2D eigenvalue weighted by atomic mass is 10.3. The number of carbonyl (C=O) groups is 1. The van der Waals surface area contributed by atoms with E-state index in [4.69, 9.17) is 0 Å². The molecule has 2 atom stereocenters. The third kappa shape index (κ3) is 5.81. The Morgan fingerprint density at radius 3 is 2.77 bits per heavy atom. The van der Waals surface area contributed by atoms with Gasteiger partial charge in [0, 0.05) is 41.7 Å². The number of benzene rings is 1. The molecular formula is C16H22N4OS. The molecule has 0 radical (unpaired) electrons. The fourth-order valence-electron chi connectivity index (χ4n) is 2.04. The van der Waals surface area contributed by atoms with Gasteiger partial charge >= 0.3 is 6.03 Å². The Morgan fingerprint density at radius 2 is 2.09 bits per heavy atom. The van der Waals surface area contributed by atoms with Gasteiger partial charge in [-0.1, -0.05) is 25.1 Å². The molecule has 6 heteroatoms. The molecule has 2 rings (SSSR count). The van der Waals surface area contributed by atoms with Crippen LogP contribution in [-0.2, 0) is 6.54 Å². The van der Waals surface area contributed by atoms with E-state index >= 15 is 0 Å². The van der Waals surface area contributed by atoms with Crippen molar-refractivity contribution in [2.75, 3.05) is 6.54 Å². The SMILES string of the molecule is C[C@H](Cn1ccnc1)NC(=O)NC[C@H](C)Sc1ccccc1. The molecule has 0 fully saturated rings. The summed E-state index contributed by atoms with van der Waals surface area (Å²) in [5, 5.41) is 6.16. The Kier molecular flexibility index (Phi) is 6.33. The molecule has 22 heavy (non-hydrogen) atoms. The zero-order chi connectivity index (χ0) is 15.8. The number of thioether (sulfide) groups is 1. The second-order valence-electron chi connectivity index (χ2n) is 5.26. The van der Waals surface area contributed by atoms with Crippen LogP contribution in [0.4, 0.5) is 4.79 Å². The van der Waals surface area contributed by atoms with E-state index in [1.54, 1.807) is 24.3 Å². The minimum Gasteiger partial charge on any atom is -0.337 e. The molecule has 0 bridgehead atoms. The second-order valence-corrected chi connectivity index (χ2v) is 6.77. The monoisotopic (exact) mass is 318 g/mol. The Bertz CT molecular complexity index is 559. The first kappa shape index (κ1) is 16.4. The summed E-state index contributed by atoms with van der Waals surface area (Å²) >= 11 is 1.75. The average Bonchev–Trinajstić information content (AvgIpc) is 2.99. The highest BCUT2D eigenvalue weighted by atomic mass is 32.2. The molecule has 1 heterocycles. The van der Waals surface area contributed by atoms with Gasteiger partial charge in [-0.2, -0.15) is 0 Å². The van der Waals surface area contributed by atoms with Crippen LogP contribution in [0.3, 0.4) is 0 Å². The first-order chi connectivity index (χ1) is 10.6. The van der Waals surface area contributed by atoms with Crippen molar-refractivity contribution in [2.24, 2.45) is 0 Å². The maximum atomic E-state index is 11.9. The predicted molar refractivity (Wildman–Crippen MR) is 90.0 cm³/mol. The lowest BCUT2D eigenvalue weighted by Gasteiger charge is -2.17. The summed E-state index contributed by atoms with van der Waals surface area (Å²) in [5.74, 6) is 0. The van der Waals surface area contributed by atoms with E-state index in [1.807, 2.05) is 35.9 Å². The lowest BCUT2D eigenvalue weighted by Crippen LogP contribution is -2.44. The van der Waals surface area contributed by atoms with Crippen molar-refractivity contribution in [1.82, 2.24) is 20.2 Å². The van der Waals surface area contributed by atoms with Crippen molar-refractivity contribution in [3.63, 3.8) is 0 Å². The molecule has 0 aliphatic heterocycles. The van der Waals surface area contributed by atoms with Gasteiger partial charge in [0.1, 0.15) is 0 Å². The van der Waals surface area contributed by atoms with E-state index < -0.39 is 0 Å². The molecule has 0 saturated heterocycles. The summed E-state index contributed by atoms with van der Waals surface area (Å²) in [7, 11) is 0. The van der Waals surface area contributed by atoms with E-state index in [2.05, 4.69) is 34.7 Å². The second kappa shape index (κ2) is 8.48. The third-order valence-corrected chi connectivity index (χ3v) is 4.17. The molecule has 118 valence electrons. The highest BCUT2D eigenvalue weighted by Gasteiger charge is 2.10. The van der Waals surface area contributed by atoms with Crippen LogP contribution in [0.15, 0.2) is 53.9 Å². The summed E-state index contributed by atoms with van der Waals surface area (Å²) in [5.41, 5.74) is 0. The molecule has 2 amide bonds. The molecule has 1 aromatic carbocycles. The number of urea groups is 1. The van der Waals surface area contributed by atoms with Gasteiger partial charge in [0.15, 0.2) is 0 Å². The molecule has 1 aromatic heterocycles. The highest BCUT2D eigenvalue weighted by Crippen LogP contribution is 2.21. The number of nitrogens with one attached hydrogen (secondary N) is 2. The molecular weight excluding hydrogens is 296 g/mol. The summed E-state index contributed by atoms with van der Waals surface area (Å²) in [6, 6.07) is 10.1. The molecule has 5 nitrogen and oxygen atoms in total. The van der Waals surface area contributed by atoms with Crippen molar-refractivity contribution in [1.29, 1.82) is 0 Å². The summed E-state index contributed by atoms with van der Waals surface area (Å²) < 4.78 is 1.94. The van der Waals surface area contributed by atoms with Crippen molar-refractivity contribution in [3.8, 4) is 0 Å². The maximum Gasteiger partial charge on any atom is 0.315 e. The smallest absolute Gasteiger partial charge is 0.315 e. The number of rotatable bonds is 7. The number of amides is 2. The molecule has 0 spiro atoms. The standard InChI is InChI=1S/C16H22N4OS/c1-13(11-20-9-8-17-12-20)19-16(21)18-10-14(2)22-15-6-4-3-5-7-15/h3-9,12-14H,10-11H2,1-2H3,(H2,18,19,21)/t13-,14+/m1/s1. The Balaban J connectivity index is 1.66. The van der Waals surface area contributed by atoms with Crippen LogP contribution in [0.25, 0.3) is 0 Å². The van der Waals surface area contributed by atoms with Crippen molar-refractivity contribution >= 4 is 17.8 Å². The molecule has 2 N–H and O–H groups in total. The molecule has 0 unspecified atom stereocenters. The van der Waals surface area contributed by atoms with E-state index in [0.717, 1.165) is 0 Å². The van der Waals surface area contributed by atoms with E-state index in [-0.39, 0.29) is 12.1 Å². The number of hydrogen-bond acceptors (Lipinski definition) is 3. The van der Waals surface area contributed by atoms with Gasteiger partial charge in [-0.15, -0.1) is 11.8 Å². The van der Waals surface area contributed by atoms with Crippen LogP contribution in [0, 0.1) is 0 Å². The van der Waals surface area contributed by atoms with E-state index in [1.165, 1.54) is 4.90 Å². The summed E-state index contributed by atoms with van der Waals surface area (Å²) in [6.45, 7) is 5.42. The number of carbonyl (C=O) groups excluding carboxylic acids is 1. The maximum absolute atomic E-state index is 11.9. The van der Waals surface area contributed by atoms with Gasteiger partial charge in [-0.3, -0.25) is 0 Å². The van der Waals surface area contributed by atoms with Gasteiger partial charge in [0.2, 0.25) is 0 Å². The Hall–Kier alpha value is -1.95. The van der Waals surface area contributed by atoms with Gasteiger partial charge < -0.3 is 15.2 Å². The minimum atomic E-state index is -0.131. The number of aromatic nitrogens is 2. The number of imidazole rings is 1. The number of nitrogens with zero attached hydrogens (tertiary/aromatic N) is 2. The molecule has 0 saturated carbocycles. The van der Waals surface area contributed by atoms with Gasteiger partial charge in [0.25, 0.3) is 0 Å². The fourth-order valence-corrected chi connectivity index (χ4v) is 2.99. The van der Waals surface area contributed by atoms with E-state index in [0.29, 0.717) is 18.3 Å². The third-order valence-electron chi connectivity index (χ3n) is 3.05. The van der Waals surface area contributed by atoms with Crippen LogP contribution >= 0.6 is 11.8 Å². The van der Waals surface area contributed by atoms with Crippen molar-refractivity contribution in [3.05, 3.63) is 49.1 Å². The van der Waals surface area contributed by atoms with Crippen LogP contribution in [-0.4, -0.2) is 33.4 Å². The zero-order valence-corrected chi connectivity index (χ0v) is 13.7. The molecule has 0 aliphatic rings. The van der Waals surface area contributed by atoms with Crippen LogP contribution in [0.2, 0.25) is 0 Å². The summed E-state index contributed by atoms with van der Waals surface area (Å²) in [6.07, 6.45) is 5.36. The topological polar surface area (TPSA) is 59.0 Å². The lowest BCUT2D eigenvalue weighted by molar-refractivity contribution is 0.236. The first-order valence-electron chi connectivity index (χ1n) is 7.35. The predicted octanol–water partition coefficient (Wildman–Crippen LogP) is 2.75. The average molecular weight is 318 g/mol. The van der Waals surface area contributed by atoms with E-state index in [9.17, 15) is 4.79 Å². The minimum absolute atomic E-state index is 0.0475. The number of hydrogen-bond donors (Lipinski definition) is 2. The zero-order valence-electron chi connectivity index (χ0n) is 12.9. The van der Waals surface area contributed by atoms with Crippen molar-refractivity contribution < 1.29 is 4.79 Å². The molecule has 2 aromatic rings. The Morgan fingerprint density at radius 1 is 1.32 bits per heavy atom. The van der Waals surface area contributed by atoms with Crippen LogP contribution < -0.4 is 10.6 Å². The first-order valence-corrected chi connectivity index (χ1v) is 8.23. The normalized spacial score (nSPS) is 13.4. The summed E-state index contributed by atoms with van der Waals surface area (Å²) in [4.78, 5) is 17.1. The van der Waals surface area contributed by atoms with Crippen LogP contribution in [0.5, 0.6) is 0 Å². The Labute approximate surface area is 135 Å². The van der Waals surface area contributed by atoms with Crippen molar-refractivity contribution in [2.45, 2.75) is 36.6 Å². The van der Waals surface area contributed by atoms with Gasteiger partial charge in [-0.25, -0.2) is 9.78 Å². The highest BCUT2D eigenvalue weighted by molar-refractivity contribution is 8.00. The van der Waals surface area contributed by atoms with Gasteiger partial charge in [-0.05, 0) is 19.1 Å². The quantitative estimate of drug-likeness (QED) is 0.772.